The van der Waals surface area contributed by atoms with Gasteiger partial charge >= 0.3 is 0 Å². The first-order chi connectivity index (χ1) is 9.15. The van der Waals surface area contributed by atoms with Gasteiger partial charge in [-0.3, -0.25) is 4.79 Å². The monoisotopic (exact) mass is 337 g/mol. The molecule has 0 aliphatic rings. The first-order valence-corrected chi connectivity index (χ1v) is 6.45. The number of carbonyl (C=O) groups is 1. The number of methoxy groups -OCH3 is 1. The number of carbonyl (C=O) groups excluding carboxylic acids is 1. The number of rotatable bonds is 8. The number of nitrogen functional groups attached to an aromatic ring is 1. The molecule has 0 aliphatic heterocycles. The van der Waals surface area contributed by atoms with Crippen LogP contribution < -0.4 is 11.1 Å². The number of ether oxygens (including phenoxy) is 1. The van der Waals surface area contributed by atoms with Crippen LogP contribution in [0.3, 0.4) is 0 Å². The summed E-state index contributed by atoms with van der Waals surface area (Å²) in [7, 11) is 3.73. The second-order valence-corrected chi connectivity index (χ2v) is 4.49. The Kier molecular flexibility index (Phi) is 13.5. The van der Waals surface area contributed by atoms with Gasteiger partial charge in [-0.25, -0.2) is 0 Å². The van der Waals surface area contributed by atoms with Crippen LogP contribution in [0.15, 0.2) is 24.3 Å². The highest BCUT2D eigenvalue weighted by Crippen LogP contribution is 2.09. The van der Waals surface area contributed by atoms with Crippen molar-refractivity contribution in [1.82, 2.24) is 10.2 Å². The predicted molar refractivity (Wildman–Crippen MR) is 91.7 cm³/mol. The van der Waals surface area contributed by atoms with E-state index in [0.29, 0.717) is 17.8 Å². The molecule has 0 spiro atoms. The van der Waals surface area contributed by atoms with Gasteiger partial charge in [-0.1, -0.05) is 12.1 Å². The highest BCUT2D eigenvalue weighted by atomic mass is 35.5. The van der Waals surface area contributed by atoms with Crippen molar-refractivity contribution in [2.45, 2.75) is 6.42 Å². The first-order valence-electron chi connectivity index (χ1n) is 6.45. The number of anilines is 1. The number of hydrogen-bond acceptors (Lipinski definition) is 4. The second kappa shape index (κ2) is 12.7. The zero-order valence-corrected chi connectivity index (χ0v) is 14.1. The van der Waals surface area contributed by atoms with Crippen LogP contribution in [0.2, 0.25) is 0 Å². The Bertz CT molecular complexity index is 406. The highest BCUT2D eigenvalue weighted by Gasteiger charge is 2.07. The van der Waals surface area contributed by atoms with Gasteiger partial charge in [-0.15, -0.1) is 24.8 Å². The number of nitrogens with one attached hydrogen (secondary N) is 1. The molecule has 0 saturated carbocycles. The maximum atomic E-state index is 11.9. The normalized spacial score (nSPS) is 9.67. The van der Waals surface area contributed by atoms with E-state index in [1.807, 2.05) is 19.2 Å². The lowest BCUT2D eigenvalue weighted by atomic mass is 10.1. The molecule has 0 heterocycles. The van der Waals surface area contributed by atoms with Gasteiger partial charge in [0.25, 0.3) is 5.91 Å². The van der Waals surface area contributed by atoms with Gasteiger partial charge in [0.2, 0.25) is 0 Å². The van der Waals surface area contributed by atoms with Crippen LogP contribution in [-0.2, 0) is 4.74 Å². The molecule has 1 amide bonds. The van der Waals surface area contributed by atoms with E-state index in [9.17, 15) is 4.79 Å². The van der Waals surface area contributed by atoms with Crippen LogP contribution in [-0.4, -0.2) is 51.2 Å². The zero-order valence-electron chi connectivity index (χ0n) is 12.5. The Labute approximate surface area is 139 Å². The van der Waals surface area contributed by atoms with Crippen molar-refractivity contribution in [3.05, 3.63) is 29.8 Å². The van der Waals surface area contributed by atoms with Crippen LogP contribution >= 0.6 is 24.8 Å². The smallest absolute Gasteiger partial charge is 0.253 e. The minimum Gasteiger partial charge on any atom is -0.398 e. The van der Waals surface area contributed by atoms with E-state index in [2.05, 4.69) is 10.2 Å². The summed E-state index contributed by atoms with van der Waals surface area (Å²) in [6.07, 6.45) is 0.901. The number of para-hydroxylation sites is 1. The molecule has 122 valence electrons. The summed E-state index contributed by atoms with van der Waals surface area (Å²) < 4.78 is 5.00. The average molecular weight is 338 g/mol. The van der Waals surface area contributed by atoms with Gasteiger partial charge in [0.15, 0.2) is 0 Å². The Morgan fingerprint density at radius 1 is 1.29 bits per heavy atom. The molecule has 1 rings (SSSR count). The number of nitrogens with zero attached hydrogens (tertiary/aromatic N) is 1. The third-order valence-electron chi connectivity index (χ3n) is 2.88. The van der Waals surface area contributed by atoms with E-state index in [1.54, 1.807) is 19.2 Å². The minimum atomic E-state index is -0.113. The predicted octanol–water partition coefficient (Wildman–Crippen LogP) is 1.81. The molecule has 7 heteroatoms. The maximum absolute atomic E-state index is 11.9. The fourth-order valence-electron chi connectivity index (χ4n) is 1.71. The summed E-state index contributed by atoms with van der Waals surface area (Å²) in [6.45, 7) is 3.19. The molecule has 1 aromatic carbocycles. The molecule has 5 nitrogen and oxygen atoms in total. The fraction of sp³-hybridized carbons (Fsp3) is 0.500. The molecule has 1 aromatic rings. The Morgan fingerprint density at radius 3 is 2.57 bits per heavy atom. The fourth-order valence-corrected chi connectivity index (χ4v) is 1.71. The quantitative estimate of drug-likeness (QED) is 0.560. The first kappa shape index (κ1) is 22.3. The summed E-state index contributed by atoms with van der Waals surface area (Å²) in [6, 6.07) is 7.09. The number of benzene rings is 1. The summed E-state index contributed by atoms with van der Waals surface area (Å²) in [4.78, 5) is 14.0. The number of amides is 1. The topological polar surface area (TPSA) is 67.6 Å². The highest BCUT2D eigenvalue weighted by molar-refractivity contribution is 5.99. The summed E-state index contributed by atoms with van der Waals surface area (Å²) in [5.74, 6) is -0.113. The van der Waals surface area contributed by atoms with Crippen molar-refractivity contribution in [3.8, 4) is 0 Å². The third-order valence-corrected chi connectivity index (χ3v) is 2.88. The van der Waals surface area contributed by atoms with Gasteiger partial charge in [0.1, 0.15) is 0 Å². The van der Waals surface area contributed by atoms with Crippen LogP contribution in [0.4, 0.5) is 5.69 Å². The van der Waals surface area contributed by atoms with E-state index in [4.69, 9.17) is 10.5 Å². The van der Waals surface area contributed by atoms with Crippen molar-refractivity contribution in [1.29, 1.82) is 0 Å². The van der Waals surface area contributed by atoms with Gasteiger partial charge in [0.05, 0.1) is 12.2 Å². The molecule has 0 aromatic heterocycles. The van der Waals surface area contributed by atoms with Crippen molar-refractivity contribution in [3.63, 3.8) is 0 Å². The Hall–Kier alpha value is -1.01. The molecule has 0 bridgehead atoms. The largest absolute Gasteiger partial charge is 0.398 e. The molecule has 0 fully saturated rings. The van der Waals surface area contributed by atoms with Crippen molar-refractivity contribution in [2.24, 2.45) is 0 Å². The van der Waals surface area contributed by atoms with E-state index >= 15 is 0 Å². The molecule has 21 heavy (non-hydrogen) atoms. The van der Waals surface area contributed by atoms with Gasteiger partial charge in [0, 0.05) is 25.9 Å². The number of likely N-dealkylation sites (N-methyl/N-ethyl adjacent to an activating group) is 1. The van der Waals surface area contributed by atoms with Gasteiger partial charge in [-0.05, 0) is 32.1 Å². The van der Waals surface area contributed by atoms with E-state index in [1.165, 1.54) is 0 Å². The molecule has 0 aliphatic carbocycles. The third kappa shape index (κ3) is 8.78. The van der Waals surface area contributed by atoms with Gasteiger partial charge in [-0.2, -0.15) is 0 Å². The maximum Gasteiger partial charge on any atom is 0.253 e. The van der Waals surface area contributed by atoms with E-state index < -0.39 is 0 Å². The van der Waals surface area contributed by atoms with Crippen LogP contribution in [0.25, 0.3) is 0 Å². The molecule has 3 N–H and O–H groups in total. The lowest BCUT2D eigenvalue weighted by molar-refractivity contribution is 0.0952. The van der Waals surface area contributed by atoms with Gasteiger partial charge < -0.3 is 20.7 Å². The molecule has 0 unspecified atom stereocenters. The molecular weight excluding hydrogens is 313 g/mol. The SMILES string of the molecule is COCCN(C)CCCNC(=O)c1ccccc1N.Cl.Cl. The van der Waals surface area contributed by atoms with Crippen LogP contribution in [0.5, 0.6) is 0 Å². The Morgan fingerprint density at radius 2 is 1.95 bits per heavy atom. The van der Waals surface area contributed by atoms with Crippen LogP contribution in [0.1, 0.15) is 16.8 Å². The number of hydrogen-bond donors (Lipinski definition) is 2. The lowest BCUT2D eigenvalue weighted by Gasteiger charge is -2.16. The summed E-state index contributed by atoms with van der Waals surface area (Å²) in [5, 5.41) is 2.87. The standard InChI is InChI=1S/C14H23N3O2.2ClH/c1-17(10-11-19-2)9-5-8-16-14(18)12-6-3-4-7-13(12)15;;/h3-4,6-7H,5,8-11,15H2,1-2H3,(H,16,18);2*1H. The number of halogens is 2. The van der Waals surface area contributed by atoms with E-state index in [0.717, 1.165) is 26.1 Å². The molecule has 0 saturated heterocycles. The van der Waals surface area contributed by atoms with E-state index in [-0.39, 0.29) is 30.7 Å². The summed E-state index contributed by atoms with van der Waals surface area (Å²) in [5.41, 5.74) is 6.79. The van der Waals surface area contributed by atoms with Crippen molar-refractivity contribution >= 4 is 36.4 Å². The van der Waals surface area contributed by atoms with Crippen molar-refractivity contribution < 1.29 is 9.53 Å². The van der Waals surface area contributed by atoms with Crippen molar-refractivity contribution in [2.75, 3.05) is 46.1 Å². The minimum absolute atomic E-state index is 0. The molecule has 0 atom stereocenters. The lowest BCUT2D eigenvalue weighted by Crippen LogP contribution is -2.30. The summed E-state index contributed by atoms with van der Waals surface area (Å²) >= 11 is 0. The molecule has 0 radical (unpaired) electrons. The second-order valence-electron chi connectivity index (χ2n) is 4.49. The number of nitrogens with two attached hydrogens (primary N) is 1. The van der Waals surface area contributed by atoms with Crippen LogP contribution in [0, 0.1) is 0 Å². The zero-order chi connectivity index (χ0) is 14.1. The molecular formula is C14H25Cl2N3O2. The Balaban J connectivity index is 0. The average Bonchev–Trinajstić information content (AvgIpc) is 2.41.